The summed E-state index contributed by atoms with van der Waals surface area (Å²) >= 11 is 0. The van der Waals surface area contributed by atoms with Crippen LogP contribution in [-0.2, 0) is 13.0 Å². The van der Waals surface area contributed by atoms with Gasteiger partial charge in [-0.15, -0.1) is 0 Å². The van der Waals surface area contributed by atoms with Gasteiger partial charge in [-0.3, -0.25) is 4.90 Å². The molecule has 0 aliphatic carbocycles. The topological polar surface area (TPSA) is 32.3 Å². The van der Waals surface area contributed by atoms with E-state index in [1.54, 1.807) is 0 Å². The van der Waals surface area contributed by atoms with E-state index in [9.17, 15) is 0 Å². The van der Waals surface area contributed by atoms with Crippen molar-refractivity contribution in [2.24, 2.45) is 5.92 Å². The van der Waals surface area contributed by atoms with Crippen LogP contribution in [0.3, 0.4) is 0 Å². The third-order valence-corrected chi connectivity index (χ3v) is 4.78. The number of anilines is 1. The van der Waals surface area contributed by atoms with Crippen LogP contribution < -0.4 is 4.90 Å². The lowest BCUT2D eigenvalue weighted by molar-refractivity contribution is 0.317. The Hall–Kier alpha value is -1.94. The molecule has 0 N–H and O–H groups in total. The normalized spacial score (nSPS) is 18.0. The van der Waals surface area contributed by atoms with Crippen LogP contribution in [0.15, 0.2) is 36.4 Å². The van der Waals surface area contributed by atoms with E-state index in [-0.39, 0.29) is 0 Å². The molecule has 1 aromatic carbocycles. The monoisotopic (exact) mass is 324 g/mol. The summed E-state index contributed by atoms with van der Waals surface area (Å²) in [6.45, 7) is 8.61. The molecule has 0 bridgehead atoms. The molecule has 1 saturated heterocycles. The van der Waals surface area contributed by atoms with Crippen molar-refractivity contribution in [3.63, 3.8) is 0 Å². The Morgan fingerprint density at radius 3 is 2.75 bits per heavy atom. The average molecular weight is 324 g/mol. The first-order valence-corrected chi connectivity index (χ1v) is 8.96. The number of benzene rings is 1. The molecule has 1 aliphatic rings. The third kappa shape index (κ3) is 4.32. The fraction of sp³-hybridized carbons (Fsp3) is 0.500. The van der Waals surface area contributed by atoms with E-state index in [1.165, 1.54) is 25.1 Å². The van der Waals surface area contributed by atoms with Crippen LogP contribution in [0.5, 0.6) is 0 Å². The third-order valence-electron chi connectivity index (χ3n) is 4.78. The maximum atomic E-state index is 4.61. The molecule has 2 heterocycles. The van der Waals surface area contributed by atoms with Gasteiger partial charge >= 0.3 is 0 Å². The highest BCUT2D eigenvalue weighted by Gasteiger charge is 2.24. The molecule has 2 aromatic rings. The van der Waals surface area contributed by atoms with Crippen molar-refractivity contribution in [3.05, 3.63) is 53.5 Å². The molecule has 24 heavy (non-hydrogen) atoms. The Morgan fingerprint density at radius 2 is 2.00 bits per heavy atom. The summed E-state index contributed by atoms with van der Waals surface area (Å²) in [5.41, 5.74) is 2.53. The summed E-state index contributed by atoms with van der Waals surface area (Å²) < 4.78 is 0. The van der Waals surface area contributed by atoms with Crippen LogP contribution in [-0.4, -0.2) is 41.5 Å². The van der Waals surface area contributed by atoms with Gasteiger partial charge in [0.15, 0.2) is 0 Å². The molecule has 1 aromatic heterocycles. The van der Waals surface area contributed by atoms with Gasteiger partial charge in [0, 0.05) is 38.4 Å². The minimum atomic E-state index is 0.707. The van der Waals surface area contributed by atoms with Crippen LogP contribution in [0.25, 0.3) is 0 Å². The van der Waals surface area contributed by atoms with Gasteiger partial charge in [-0.1, -0.05) is 37.3 Å². The van der Waals surface area contributed by atoms with E-state index in [1.807, 2.05) is 6.92 Å². The highest BCUT2D eigenvalue weighted by atomic mass is 15.2. The lowest BCUT2D eigenvalue weighted by Crippen LogP contribution is -2.29. The first kappa shape index (κ1) is 16.9. The molecule has 1 aliphatic heterocycles. The zero-order valence-electron chi connectivity index (χ0n) is 15.1. The molecule has 0 spiro atoms. The number of hydrogen-bond acceptors (Lipinski definition) is 4. The minimum absolute atomic E-state index is 0.707. The molecule has 0 radical (unpaired) electrons. The zero-order chi connectivity index (χ0) is 16.9. The smallest absolute Gasteiger partial charge is 0.132 e. The fourth-order valence-corrected chi connectivity index (χ4v) is 3.52. The number of hydrogen-bond donors (Lipinski definition) is 0. The van der Waals surface area contributed by atoms with Gasteiger partial charge in [0.25, 0.3) is 0 Å². The van der Waals surface area contributed by atoms with Gasteiger partial charge in [-0.05, 0) is 37.8 Å². The lowest BCUT2D eigenvalue weighted by atomic mass is 10.1. The molecule has 1 fully saturated rings. The molecule has 4 nitrogen and oxygen atoms in total. The molecule has 0 amide bonds. The molecule has 1 unspecified atom stereocenters. The zero-order valence-corrected chi connectivity index (χ0v) is 15.1. The number of likely N-dealkylation sites (tertiary alicyclic amines) is 1. The highest BCUT2D eigenvalue weighted by molar-refractivity contribution is 5.39. The molecule has 128 valence electrons. The fourth-order valence-electron chi connectivity index (χ4n) is 3.52. The van der Waals surface area contributed by atoms with Gasteiger partial charge in [0.05, 0.1) is 0 Å². The van der Waals surface area contributed by atoms with Crippen LogP contribution >= 0.6 is 0 Å². The predicted octanol–water partition coefficient (Wildman–Crippen LogP) is 3.31. The van der Waals surface area contributed by atoms with E-state index in [0.717, 1.165) is 36.8 Å². The van der Waals surface area contributed by atoms with E-state index < -0.39 is 0 Å². The van der Waals surface area contributed by atoms with Gasteiger partial charge in [0.1, 0.15) is 11.6 Å². The SMILES string of the molecule is CCc1cc(N(C)CC2CCN(Cc3ccccc3)C2)nc(C)n1. The first-order valence-electron chi connectivity index (χ1n) is 8.96. The second-order valence-corrected chi connectivity index (χ2v) is 6.87. The molecule has 1 atom stereocenters. The molecule has 3 rings (SSSR count). The quantitative estimate of drug-likeness (QED) is 0.816. The Morgan fingerprint density at radius 1 is 1.21 bits per heavy atom. The van der Waals surface area contributed by atoms with Crippen molar-refractivity contribution in [2.75, 3.05) is 31.6 Å². The van der Waals surface area contributed by atoms with Crippen molar-refractivity contribution in [1.82, 2.24) is 14.9 Å². The summed E-state index contributed by atoms with van der Waals surface area (Å²) in [4.78, 5) is 14.0. The van der Waals surface area contributed by atoms with E-state index in [2.05, 4.69) is 70.1 Å². The summed E-state index contributed by atoms with van der Waals surface area (Å²) in [6.07, 6.45) is 2.22. The Kier molecular flexibility index (Phi) is 5.46. The van der Waals surface area contributed by atoms with Crippen molar-refractivity contribution in [2.45, 2.75) is 33.2 Å². The Labute approximate surface area is 145 Å². The Bertz CT molecular complexity index is 656. The van der Waals surface area contributed by atoms with Gasteiger partial charge in [-0.25, -0.2) is 9.97 Å². The largest absolute Gasteiger partial charge is 0.359 e. The van der Waals surface area contributed by atoms with E-state index in [0.29, 0.717) is 5.92 Å². The van der Waals surface area contributed by atoms with Crippen molar-refractivity contribution < 1.29 is 0 Å². The predicted molar refractivity (Wildman–Crippen MR) is 99.2 cm³/mol. The number of aromatic nitrogens is 2. The molecule has 0 saturated carbocycles. The van der Waals surface area contributed by atoms with E-state index >= 15 is 0 Å². The maximum Gasteiger partial charge on any atom is 0.132 e. The van der Waals surface area contributed by atoms with Gasteiger partial charge < -0.3 is 4.90 Å². The van der Waals surface area contributed by atoms with E-state index in [4.69, 9.17) is 0 Å². The lowest BCUT2D eigenvalue weighted by Gasteiger charge is -2.23. The van der Waals surface area contributed by atoms with Crippen molar-refractivity contribution in [3.8, 4) is 0 Å². The standard InChI is InChI=1S/C20H28N4/c1-4-19-12-20(22-16(2)21-19)23(3)13-18-10-11-24(15-18)14-17-8-6-5-7-9-17/h5-9,12,18H,4,10-11,13-15H2,1-3H3. The van der Waals surface area contributed by atoms with Crippen molar-refractivity contribution in [1.29, 1.82) is 0 Å². The van der Waals surface area contributed by atoms with Gasteiger partial charge in [-0.2, -0.15) is 0 Å². The van der Waals surface area contributed by atoms with Crippen LogP contribution in [0, 0.1) is 12.8 Å². The summed E-state index contributed by atoms with van der Waals surface area (Å²) in [6, 6.07) is 12.9. The number of rotatable bonds is 6. The number of nitrogens with zero attached hydrogens (tertiary/aromatic N) is 4. The molecule has 4 heteroatoms. The summed E-state index contributed by atoms with van der Waals surface area (Å²) in [5, 5.41) is 0. The van der Waals surface area contributed by atoms with Crippen molar-refractivity contribution >= 4 is 5.82 Å². The number of aryl methyl sites for hydroxylation is 2. The maximum absolute atomic E-state index is 4.61. The van der Waals surface area contributed by atoms with Crippen LogP contribution in [0.1, 0.15) is 30.4 Å². The first-order chi connectivity index (χ1) is 11.6. The van der Waals surface area contributed by atoms with Crippen LogP contribution in [0.2, 0.25) is 0 Å². The summed E-state index contributed by atoms with van der Waals surface area (Å²) in [5.74, 6) is 2.63. The summed E-state index contributed by atoms with van der Waals surface area (Å²) in [7, 11) is 2.15. The Balaban J connectivity index is 1.56. The van der Waals surface area contributed by atoms with Gasteiger partial charge in [0.2, 0.25) is 0 Å². The second kappa shape index (κ2) is 7.75. The average Bonchev–Trinajstić information content (AvgIpc) is 3.02. The molecular weight excluding hydrogens is 296 g/mol. The van der Waals surface area contributed by atoms with Crippen LogP contribution in [0.4, 0.5) is 5.82 Å². The molecular formula is C20H28N4. The minimum Gasteiger partial charge on any atom is -0.359 e. The highest BCUT2D eigenvalue weighted by Crippen LogP contribution is 2.21. The second-order valence-electron chi connectivity index (χ2n) is 6.87.